The fourth-order valence-electron chi connectivity index (χ4n) is 3.79. The van der Waals surface area contributed by atoms with Crippen LogP contribution < -0.4 is 0 Å². The van der Waals surface area contributed by atoms with E-state index in [1.807, 2.05) is 0 Å². The average molecular weight is 456 g/mol. The monoisotopic (exact) mass is 455 g/mol. The van der Waals surface area contributed by atoms with Gasteiger partial charge in [-0.1, -0.05) is 55.5 Å². The zero-order valence-corrected chi connectivity index (χ0v) is 18.3. The molecule has 164 valence electrons. The summed E-state index contributed by atoms with van der Waals surface area (Å²) in [6, 6.07) is 19.5. The molecule has 7 heteroatoms. The molecule has 0 unspecified atom stereocenters. The first kappa shape index (κ1) is 22.0. The van der Waals surface area contributed by atoms with Crippen molar-refractivity contribution in [1.29, 1.82) is 0 Å². The Kier molecular flexibility index (Phi) is 5.54. The van der Waals surface area contributed by atoms with E-state index in [9.17, 15) is 21.6 Å². The Morgan fingerprint density at radius 1 is 0.875 bits per heavy atom. The minimum atomic E-state index is -4.52. The van der Waals surface area contributed by atoms with Gasteiger partial charge in [0.05, 0.1) is 27.4 Å². The van der Waals surface area contributed by atoms with Crippen LogP contribution in [-0.2, 0) is 16.0 Å². The average Bonchev–Trinajstić information content (AvgIpc) is 2.77. The molecule has 0 saturated heterocycles. The third-order valence-corrected chi connectivity index (χ3v) is 7.18. The highest BCUT2D eigenvalue weighted by Gasteiger charge is 2.33. The van der Waals surface area contributed by atoms with E-state index < -0.39 is 21.6 Å². The number of pyridine rings is 1. The molecule has 4 rings (SSSR count). The van der Waals surface area contributed by atoms with Gasteiger partial charge in [-0.25, -0.2) is 13.4 Å². The van der Waals surface area contributed by atoms with Crippen molar-refractivity contribution < 1.29 is 21.6 Å². The number of sulfone groups is 1. The van der Waals surface area contributed by atoms with Crippen LogP contribution in [0.2, 0.25) is 0 Å². The van der Waals surface area contributed by atoms with Crippen molar-refractivity contribution in [2.75, 3.05) is 5.75 Å². The number of aryl methyl sites for hydroxylation is 1. The van der Waals surface area contributed by atoms with Crippen molar-refractivity contribution >= 4 is 20.7 Å². The van der Waals surface area contributed by atoms with Crippen LogP contribution in [0.15, 0.2) is 77.7 Å². The minimum absolute atomic E-state index is 0.0325. The number of para-hydroxylation sites is 1. The quantitative estimate of drug-likeness (QED) is 0.344. The molecule has 0 fully saturated rings. The second-order valence-corrected chi connectivity index (χ2v) is 9.76. The number of aromatic nitrogens is 1. The first-order valence-corrected chi connectivity index (χ1v) is 11.7. The summed E-state index contributed by atoms with van der Waals surface area (Å²) in [5, 5.41) is 0.414. The van der Waals surface area contributed by atoms with E-state index in [1.165, 1.54) is 6.07 Å². The van der Waals surface area contributed by atoms with E-state index in [0.29, 0.717) is 27.8 Å². The fourth-order valence-corrected chi connectivity index (χ4v) is 4.91. The molecule has 0 aliphatic heterocycles. The second kappa shape index (κ2) is 8.06. The van der Waals surface area contributed by atoms with Crippen molar-refractivity contribution in [3.63, 3.8) is 0 Å². The molecule has 0 saturated carbocycles. The molecule has 0 amide bonds. The van der Waals surface area contributed by atoms with E-state index in [-0.39, 0.29) is 16.2 Å². The lowest BCUT2D eigenvalue weighted by Gasteiger charge is -2.14. The van der Waals surface area contributed by atoms with Crippen molar-refractivity contribution in [3.05, 3.63) is 83.9 Å². The van der Waals surface area contributed by atoms with Crippen LogP contribution in [0.4, 0.5) is 13.2 Å². The highest BCUT2D eigenvalue weighted by atomic mass is 32.2. The zero-order chi connectivity index (χ0) is 23.1. The van der Waals surface area contributed by atoms with Gasteiger partial charge in [0.25, 0.3) is 0 Å². The van der Waals surface area contributed by atoms with Gasteiger partial charge >= 0.3 is 6.18 Å². The first-order chi connectivity index (χ1) is 15.1. The molecule has 0 atom stereocenters. The third kappa shape index (κ3) is 4.00. The Hall–Kier alpha value is -3.19. The zero-order valence-electron chi connectivity index (χ0n) is 17.4. The Bertz CT molecular complexity index is 1430. The summed E-state index contributed by atoms with van der Waals surface area (Å²) >= 11 is 0. The van der Waals surface area contributed by atoms with E-state index >= 15 is 0 Å². The number of rotatable bonds is 4. The van der Waals surface area contributed by atoms with E-state index in [1.54, 1.807) is 74.5 Å². The Morgan fingerprint density at radius 2 is 1.56 bits per heavy atom. The topological polar surface area (TPSA) is 47.0 Å². The molecule has 0 radical (unpaired) electrons. The molecule has 0 aliphatic rings. The number of nitrogens with zero attached hydrogens (tertiary/aromatic N) is 1. The number of halogens is 3. The van der Waals surface area contributed by atoms with Crippen molar-refractivity contribution in [2.45, 2.75) is 24.9 Å². The molecule has 3 nitrogen and oxygen atoms in total. The summed E-state index contributed by atoms with van der Waals surface area (Å²) in [6.07, 6.45) is -4.52. The molecule has 1 aromatic heterocycles. The molecule has 0 N–H and O–H groups in total. The van der Waals surface area contributed by atoms with Gasteiger partial charge in [0.2, 0.25) is 0 Å². The SMILES string of the molecule is CCS(=O)(=O)c1ccccc1-c1cccc(-c2nc3c(C(F)(F)F)cccc3cc2C)c1. The van der Waals surface area contributed by atoms with Crippen LogP contribution in [0, 0.1) is 6.92 Å². The summed E-state index contributed by atoms with van der Waals surface area (Å²) in [6.45, 7) is 3.38. The van der Waals surface area contributed by atoms with Gasteiger partial charge in [0.1, 0.15) is 0 Å². The van der Waals surface area contributed by atoms with Crippen LogP contribution in [0.1, 0.15) is 18.1 Å². The molecule has 0 spiro atoms. The van der Waals surface area contributed by atoms with Crippen molar-refractivity contribution in [1.82, 2.24) is 4.98 Å². The van der Waals surface area contributed by atoms with Gasteiger partial charge in [0, 0.05) is 16.5 Å². The van der Waals surface area contributed by atoms with Crippen molar-refractivity contribution in [2.24, 2.45) is 0 Å². The molecule has 3 aromatic carbocycles. The third-order valence-electron chi connectivity index (χ3n) is 5.39. The fraction of sp³-hybridized carbons (Fsp3) is 0.160. The lowest BCUT2D eigenvalue weighted by Crippen LogP contribution is -2.07. The van der Waals surface area contributed by atoms with Gasteiger partial charge in [-0.05, 0) is 42.3 Å². The highest BCUT2D eigenvalue weighted by Crippen LogP contribution is 2.37. The molecule has 1 heterocycles. The highest BCUT2D eigenvalue weighted by molar-refractivity contribution is 7.91. The van der Waals surface area contributed by atoms with Gasteiger partial charge in [0.15, 0.2) is 9.84 Å². The van der Waals surface area contributed by atoms with Crippen LogP contribution in [0.3, 0.4) is 0 Å². The van der Waals surface area contributed by atoms with E-state index in [0.717, 1.165) is 11.6 Å². The maximum atomic E-state index is 13.5. The van der Waals surface area contributed by atoms with Crippen LogP contribution in [0.25, 0.3) is 33.3 Å². The minimum Gasteiger partial charge on any atom is -0.247 e. The van der Waals surface area contributed by atoms with E-state index in [2.05, 4.69) is 4.98 Å². The molecule has 0 aliphatic carbocycles. The lowest BCUT2D eigenvalue weighted by molar-refractivity contribution is -0.136. The van der Waals surface area contributed by atoms with Crippen molar-refractivity contribution in [3.8, 4) is 22.4 Å². The smallest absolute Gasteiger partial charge is 0.247 e. The van der Waals surface area contributed by atoms with Crippen LogP contribution >= 0.6 is 0 Å². The largest absolute Gasteiger partial charge is 0.418 e. The summed E-state index contributed by atoms with van der Waals surface area (Å²) in [5.74, 6) is -0.0325. The van der Waals surface area contributed by atoms with Gasteiger partial charge in [-0.2, -0.15) is 13.2 Å². The summed E-state index contributed by atoms with van der Waals surface area (Å²) < 4.78 is 65.7. The number of benzene rings is 3. The second-order valence-electron chi connectivity index (χ2n) is 7.51. The molecular formula is C25H20F3NO2S. The predicted molar refractivity (Wildman–Crippen MR) is 120 cm³/mol. The van der Waals surface area contributed by atoms with Crippen LogP contribution in [-0.4, -0.2) is 19.2 Å². The Labute approximate surface area is 184 Å². The molecule has 0 bridgehead atoms. The molecular weight excluding hydrogens is 435 g/mol. The van der Waals surface area contributed by atoms with E-state index in [4.69, 9.17) is 0 Å². The number of hydrogen-bond donors (Lipinski definition) is 0. The number of fused-ring (bicyclic) bond motifs is 1. The molecule has 4 aromatic rings. The Balaban J connectivity index is 1.92. The number of hydrogen-bond acceptors (Lipinski definition) is 3. The van der Waals surface area contributed by atoms with Crippen LogP contribution in [0.5, 0.6) is 0 Å². The van der Waals surface area contributed by atoms with Gasteiger partial charge in [-0.3, -0.25) is 0 Å². The van der Waals surface area contributed by atoms with Gasteiger partial charge < -0.3 is 0 Å². The normalized spacial score (nSPS) is 12.3. The predicted octanol–water partition coefficient (Wildman–Crippen LogP) is 6.69. The Morgan fingerprint density at radius 3 is 2.28 bits per heavy atom. The lowest BCUT2D eigenvalue weighted by atomic mass is 9.98. The molecule has 32 heavy (non-hydrogen) atoms. The summed E-state index contributed by atoms with van der Waals surface area (Å²) in [5.41, 5.74) is 2.07. The number of alkyl halides is 3. The standard InChI is InChI=1S/C25H20F3NO2S/c1-3-32(30,31)22-13-5-4-11-20(22)17-8-6-9-19(15-17)23-16(2)14-18-10-7-12-21(24(18)29-23)25(26,27)28/h4-15H,3H2,1-2H3. The first-order valence-electron chi connectivity index (χ1n) is 10.0. The summed E-state index contributed by atoms with van der Waals surface area (Å²) in [7, 11) is -3.45. The van der Waals surface area contributed by atoms with Gasteiger partial charge in [-0.15, -0.1) is 0 Å². The summed E-state index contributed by atoms with van der Waals surface area (Å²) in [4.78, 5) is 4.62. The maximum Gasteiger partial charge on any atom is 0.418 e. The maximum absolute atomic E-state index is 13.5.